The lowest BCUT2D eigenvalue weighted by atomic mass is 9.94. The van der Waals surface area contributed by atoms with Crippen LogP contribution in [0.25, 0.3) is 5.13 Å². The molecule has 3 nitrogen and oxygen atoms in total. The van der Waals surface area contributed by atoms with Crippen molar-refractivity contribution in [2.24, 2.45) is 5.73 Å². The van der Waals surface area contributed by atoms with Crippen LogP contribution < -0.4 is 5.73 Å². The average Bonchev–Trinajstić information content (AvgIpc) is 2.84. The summed E-state index contributed by atoms with van der Waals surface area (Å²) < 4.78 is 2.20. The first-order chi connectivity index (χ1) is 7.75. The zero-order chi connectivity index (χ0) is 11.1. The van der Waals surface area contributed by atoms with Gasteiger partial charge >= 0.3 is 0 Å². The number of nitrogens with zero attached hydrogens (tertiary/aromatic N) is 2. The third-order valence-corrected chi connectivity index (χ3v) is 4.08. The standard InChI is InChI=1S/C12H15N3S/c1-8-7-14-12(16-8)15-6-5-9-10(13)3-2-4-11(9)15/h5-7,10H,2-4,13H2,1H3. The fraction of sp³-hybridized carbons (Fsp3) is 0.417. The Hall–Kier alpha value is -1.13. The minimum Gasteiger partial charge on any atom is -0.324 e. The fourth-order valence-corrected chi connectivity index (χ4v) is 3.13. The molecule has 16 heavy (non-hydrogen) atoms. The Morgan fingerprint density at radius 3 is 3.19 bits per heavy atom. The molecule has 0 aromatic carbocycles. The summed E-state index contributed by atoms with van der Waals surface area (Å²) in [6.45, 7) is 2.09. The number of thiazole rings is 1. The molecule has 1 unspecified atom stereocenters. The molecule has 2 aromatic heterocycles. The van der Waals surface area contributed by atoms with Gasteiger partial charge in [0.05, 0.1) is 0 Å². The van der Waals surface area contributed by atoms with E-state index in [0.717, 1.165) is 18.0 Å². The van der Waals surface area contributed by atoms with Crippen molar-refractivity contribution >= 4 is 11.3 Å². The minimum atomic E-state index is 0.214. The topological polar surface area (TPSA) is 43.8 Å². The molecule has 2 aromatic rings. The van der Waals surface area contributed by atoms with E-state index in [1.807, 2.05) is 6.20 Å². The van der Waals surface area contributed by atoms with Crippen molar-refractivity contribution in [2.45, 2.75) is 32.2 Å². The third kappa shape index (κ3) is 1.49. The lowest BCUT2D eigenvalue weighted by Crippen LogP contribution is -2.17. The normalized spacial score (nSPS) is 19.8. The van der Waals surface area contributed by atoms with Crippen molar-refractivity contribution in [3.8, 4) is 5.13 Å². The summed E-state index contributed by atoms with van der Waals surface area (Å²) in [6.07, 6.45) is 7.44. The first-order valence-corrected chi connectivity index (χ1v) is 6.46. The van der Waals surface area contributed by atoms with E-state index in [-0.39, 0.29) is 6.04 Å². The SMILES string of the molecule is Cc1cnc(-n2ccc3c2CCCC3N)s1. The van der Waals surface area contributed by atoms with Crippen LogP contribution in [0.5, 0.6) is 0 Å². The van der Waals surface area contributed by atoms with E-state index in [4.69, 9.17) is 5.73 Å². The highest BCUT2D eigenvalue weighted by atomic mass is 32.1. The predicted molar refractivity (Wildman–Crippen MR) is 66.0 cm³/mol. The molecule has 3 rings (SSSR count). The van der Waals surface area contributed by atoms with Crippen LogP contribution in [0.3, 0.4) is 0 Å². The molecule has 2 heterocycles. The summed E-state index contributed by atoms with van der Waals surface area (Å²) in [5.41, 5.74) is 8.77. The number of nitrogens with two attached hydrogens (primary N) is 1. The summed E-state index contributed by atoms with van der Waals surface area (Å²) in [5.74, 6) is 0. The summed E-state index contributed by atoms with van der Waals surface area (Å²) in [5, 5.41) is 1.06. The molecule has 1 aliphatic rings. The van der Waals surface area contributed by atoms with Gasteiger partial charge in [0.2, 0.25) is 0 Å². The first-order valence-electron chi connectivity index (χ1n) is 5.64. The van der Waals surface area contributed by atoms with Gasteiger partial charge in [0.1, 0.15) is 0 Å². The Morgan fingerprint density at radius 1 is 1.56 bits per heavy atom. The number of fused-ring (bicyclic) bond motifs is 1. The van der Waals surface area contributed by atoms with Gasteiger partial charge in [0.25, 0.3) is 0 Å². The maximum atomic E-state index is 6.11. The number of aromatic nitrogens is 2. The Bertz CT molecular complexity index is 512. The van der Waals surface area contributed by atoms with Gasteiger partial charge in [-0.15, -0.1) is 11.3 Å². The van der Waals surface area contributed by atoms with Gasteiger partial charge in [-0.3, -0.25) is 4.57 Å². The molecular formula is C12H15N3S. The van der Waals surface area contributed by atoms with Crippen LogP contribution in [0.2, 0.25) is 0 Å². The highest BCUT2D eigenvalue weighted by Crippen LogP contribution is 2.31. The molecule has 4 heteroatoms. The quantitative estimate of drug-likeness (QED) is 0.822. The van der Waals surface area contributed by atoms with Crippen LogP contribution in [0.15, 0.2) is 18.5 Å². The molecule has 0 fully saturated rings. The lowest BCUT2D eigenvalue weighted by molar-refractivity contribution is 0.560. The number of hydrogen-bond acceptors (Lipinski definition) is 3. The van der Waals surface area contributed by atoms with Crippen LogP contribution >= 0.6 is 11.3 Å². The molecular weight excluding hydrogens is 218 g/mol. The van der Waals surface area contributed by atoms with Crippen LogP contribution in [0, 0.1) is 6.92 Å². The largest absolute Gasteiger partial charge is 0.324 e. The highest BCUT2D eigenvalue weighted by Gasteiger charge is 2.21. The highest BCUT2D eigenvalue weighted by molar-refractivity contribution is 7.14. The van der Waals surface area contributed by atoms with Gasteiger partial charge in [-0.05, 0) is 37.8 Å². The Kier molecular flexibility index (Phi) is 2.33. The van der Waals surface area contributed by atoms with Crippen molar-refractivity contribution in [1.82, 2.24) is 9.55 Å². The maximum Gasteiger partial charge on any atom is 0.193 e. The molecule has 0 radical (unpaired) electrons. The van der Waals surface area contributed by atoms with E-state index in [9.17, 15) is 0 Å². The molecule has 1 aliphatic carbocycles. The van der Waals surface area contributed by atoms with E-state index in [0.29, 0.717) is 0 Å². The molecule has 0 saturated carbocycles. The predicted octanol–water partition coefficient (Wildman–Crippen LogP) is 2.58. The number of rotatable bonds is 1. The van der Waals surface area contributed by atoms with E-state index in [2.05, 4.69) is 28.7 Å². The summed E-state index contributed by atoms with van der Waals surface area (Å²) in [7, 11) is 0. The number of hydrogen-bond donors (Lipinski definition) is 1. The molecule has 0 saturated heterocycles. The van der Waals surface area contributed by atoms with Gasteiger partial charge in [-0.25, -0.2) is 4.98 Å². The molecule has 0 aliphatic heterocycles. The van der Waals surface area contributed by atoms with Crippen molar-refractivity contribution in [3.05, 3.63) is 34.6 Å². The Balaban J connectivity index is 2.09. The fourth-order valence-electron chi connectivity index (χ4n) is 2.36. The van der Waals surface area contributed by atoms with Crippen molar-refractivity contribution in [1.29, 1.82) is 0 Å². The van der Waals surface area contributed by atoms with Crippen LogP contribution in [0.1, 0.15) is 35.0 Å². The van der Waals surface area contributed by atoms with Crippen molar-refractivity contribution < 1.29 is 0 Å². The van der Waals surface area contributed by atoms with Crippen LogP contribution in [-0.2, 0) is 6.42 Å². The minimum absolute atomic E-state index is 0.214. The van der Waals surface area contributed by atoms with E-state index in [1.165, 1.54) is 22.6 Å². The van der Waals surface area contributed by atoms with Gasteiger partial charge in [0.15, 0.2) is 5.13 Å². The maximum absolute atomic E-state index is 6.11. The van der Waals surface area contributed by atoms with Crippen molar-refractivity contribution in [3.63, 3.8) is 0 Å². The lowest BCUT2D eigenvalue weighted by Gasteiger charge is -2.20. The zero-order valence-electron chi connectivity index (χ0n) is 9.31. The number of aryl methyl sites for hydroxylation is 1. The summed E-state index contributed by atoms with van der Waals surface area (Å²) in [6, 6.07) is 2.36. The molecule has 0 spiro atoms. The second-order valence-corrected chi connectivity index (χ2v) is 5.55. The molecule has 1 atom stereocenters. The second kappa shape index (κ2) is 3.71. The smallest absolute Gasteiger partial charge is 0.193 e. The summed E-state index contributed by atoms with van der Waals surface area (Å²) >= 11 is 1.73. The van der Waals surface area contributed by atoms with Crippen LogP contribution in [0.4, 0.5) is 0 Å². The zero-order valence-corrected chi connectivity index (χ0v) is 10.1. The van der Waals surface area contributed by atoms with Crippen LogP contribution in [-0.4, -0.2) is 9.55 Å². The Morgan fingerprint density at radius 2 is 2.44 bits per heavy atom. The molecule has 0 bridgehead atoms. The van der Waals surface area contributed by atoms with E-state index in [1.54, 1.807) is 11.3 Å². The van der Waals surface area contributed by atoms with E-state index >= 15 is 0 Å². The third-order valence-electron chi connectivity index (χ3n) is 3.17. The molecule has 2 N–H and O–H groups in total. The van der Waals surface area contributed by atoms with Gasteiger partial charge in [-0.2, -0.15) is 0 Å². The van der Waals surface area contributed by atoms with Gasteiger partial charge in [0, 0.05) is 29.0 Å². The van der Waals surface area contributed by atoms with Gasteiger partial charge < -0.3 is 5.73 Å². The van der Waals surface area contributed by atoms with E-state index < -0.39 is 0 Å². The first kappa shape index (κ1) is 10.1. The molecule has 0 amide bonds. The monoisotopic (exact) mass is 233 g/mol. The second-order valence-electron chi connectivity index (χ2n) is 4.34. The molecule has 84 valence electrons. The Labute approximate surface area is 98.9 Å². The van der Waals surface area contributed by atoms with Crippen molar-refractivity contribution in [2.75, 3.05) is 0 Å². The summed E-state index contributed by atoms with van der Waals surface area (Å²) in [4.78, 5) is 5.68. The van der Waals surface area contributed by atoms with Gasteiger partial charge in [-0.1, -0.05) is 0 Å². The average molecular weight is 233 g/mol.